The summed E-state index contributed by atoms with van der Waals surface area (Å²) in [6, 6.07) is 8.31. The van der Waals surface area contributed by atoms with E-state index in [-0.39, 0.29) is 0 Å². The van der Waals surface area contributed by atoms with Crippen molar-refractivity contribution in [1.29, 1.82) is 0 Å². The highest BCUT2D eigenvalue weighted by Gasteiger charge is 2.21. The Labute approximate surface area is 162 Å². The maximum absolute atomic E-state index is 5.60. The van der Waals surface area contributed by atoms with E-state index >= 15 is 0 Å². The Morgan fingerprint density at radius 1 is 1.15 bits per heavy atom. The molecule has 0 bridgehead atoms. The zero-order valence-corrected chi connectivity index (χ0v) is 16.5. The molecule has 1 N–H and O–H groups in total. The quantitative estimate of drug-likeness (QED) is 0.679. The first kappa shape index (κ1) is 17.2. The molecule has 0 amide bonds. The maximum Gasteiger partial charge on any atom is 0.174 e. The minimum atomic E-state index is 0.740. The van der Waals surface area contributed by atoms with Gasteiger partial charge in [0.25, 0.3) is 0 Å². The number of anilines is 2. The van der Waals surface area contributed by atoms with Crippen molar-refractivity contribution in [3.05, 3.63) is 47.1 Å². The van der Waals surface area contributed by atoms with E-state index in [0.29, 0.717) is 0 Å². The molecule has 0 saturated carbocycles. The molecule has 134 valence electrons. The summed E-state index contributed by atoms with van der Waals surface area (Å²) in [7, 11) is 0. The van der Waals surface area contributed by atoms with Gasteiger partial charge in [0.15, 0.2) is 5.11 Å². The van der Waals surface area contributed by atoms with Gasteiger partial charge in [-0.2, -0.15) is 0 Å². The summed E-state index contributed by atoms with van der Waals surface area (Å²) in [5.41, 5.74) is 2.18. The number of nitrogens with one attached hydrogen (secondary N) is 1. The molecule has 26 heavy (non-hydrogen) atoms. The first-order chi connectivity index (χ1) is 12.6. The lowest BCUT2D eigenvalue weighted by molar-refractivity contribution is 0.390. The molecule has 1 aliphatic heterocycles. The number of rotatable bonds is 2. The molecular weight excluding hydrogens is 362 g/mol. The minimum absolute atomic E-state index is 0.740. The topological polar surface area (TPSA) is 44.3 Å². The van der Waals surface area contributed by atoms with E-state index in [1.165, 1.54) is 15.6 Å². The summed E-state index contributed by atoms with van der Waals surface area (Å²) in [5, 5.41) is 7.42. The van der Waals surface area contributed by atoms with E-state index in [0.717, 1.165) is 48.6 Å². The number of fused-ring (bicyclic) bond motifs is 1. The van der Waals surface area contributed by atoms with Gasteiger partial charge in [0, 0.05) is 38.1 Å². The van der Waals surface area contributed by atoms with Crippen molar-refractivity contribution in [2.24, 2.45) is 0 Å². The Hall–Kier alpha value is -2.25. The van der Waals surface area contributed by atoms with E-state index in [9.17, 15) is 0 Å². The molecule has 5 nitrogen and oxygen atoms in total. The van der Waals surface area contributed by atoms with E-state index in [1.54, 1.807) is 11.3 Å². The number of thiocarbonyl (C=S) groups is 1. The van der Waals surface area contributed by atoms with Crippen LogP contribution in [0.2, 0.25) is 0 Å². The van der Waals surface area contributed by atoms with Gasteiger partial charge in [-0.05, 0) is 66.7 Å². The number of aromatic nitrogens is 2. The van der Waals surface area contributed by atoms with Gasteiger partial charge in [-0.15, -0.1) is 11.3 Å². The molecule has 0 atom stereocenters. The molecule has 0 spiro atoms. The van der Waals surface area contributed by atoms with Crippen LogP contribution in [0.4, 0.5) is 11.6 Å². The molecule has 0 radical (unpaired) electrons. The van der Waals surface area contributed by atoms with E-state index in [1.807, 2.05) is 19.2 Å². The zero-order valence-electron chi connectivity index (χ0n) is 14.9. The summed E-state index contributed by atoms with van der Waals surface area (Å²) in [4.78, 5) is 13.7. The van der Waals surface area contributed by atoms with E-state index < -0.39 is 0 Å². The summed E-state index contributed by atoms with van der Waals surface area (Å²) < 4.78 is 1.26. The Morgan fingerprint density at radius 3 is 2.73 bits per heavy atom. The van der Waals surface area contributed by atoms with Crippen LogP contribution in [0.15, 0.2) is 35.8 Å². The lowest BCUT2D eigenvalue weighted by Gasteiger charge is -2.36. The fraction of sp³-hybridized carbons (Fsp3) is 0.316. The van der Waals surface area contributed by atoms with Crippen LogP contribution in [0.1, 0.15) is 11.3 Å². The molecule has 7 heteroatoms. The van der Waals surface area contributed by atoms with Gasteiger partial charge in [0.05, 0.1) is 4.70 Å². The van der Waals surface area contributed by atoms with E-state index in [4.69, 9.17) is 12.2 Å². The van der Waals surface area contributed by atoms with Crippen molar-refractivity contribution in [1.82, 2.24) is 14.9 Å². The average molecular weight is 384 g/mol. The predicted molar refractivity (Wildman–Crippen MR) is 113 cm³/mol. The summed E-state index contributed by atoms with van der Waals surface area (Å²) >= 11 is 7.36. The monoisotopic (exact) mass is 383 g/mol. The third-order valence-electron chi connectivity index (χ3n) is 4.55. The number of pyridine rings is 2. The normalized spacial score (nSPS) is 14.7. The highest BCUT2D eigenvalue weighted by Crippen LogP contribution is 2.29. The molecule has 1 fully saturated rings. The molecule has 1 saturated heterocycles. The van der Waals surface area contributed by atoms with Gasteiger partial charge in [-0.1, -0.05) is 0 Å². The number of hydrogen-bond donors (Lipinski definition) is 1. The highest BCUT2D eigenvalue weighted by atomic mass is 32.1. The van der Waals surface area contributed by atoms with Gasteiger partial charge in [-0.3, -0.25) is 0 Å². The van der Waals surface area contributed by atoms with Crippen LogP contribution in [-0.2, 0) is 0 Å². The van der Waals surface area contributed by atoms with Crippen LogP contribution >= 0.6 is 23.6 Å². The van der Waals surface area contributed by atoms with Crippen LogP contribution in [0.5, 0.6) is 0 Å². The number of hydrogen-bond acceptors (Lipinski definition) is 5. The Kier molecular flexibility index (Phi) is 4.74. The number of thiophene rings is 1. The largest absolute Gasteiger partial charge is 0.352 e. The molecule has 1 aliphatic rings. The van der Waals surface area contributed by atoms with Crippen molar-refractivity contribution < 1.29 is 0 Å². The van der Waals surface area contributed by atoms with Gasteiger partial charge >= 0.3 is 0 Å². The van der Waals surface area contributed by atoms with Crippen LogP contribution in [-0.4, -0.2) is 46.2 Å². The van der Waals surface area contributed by atoms with Crippen LogP contribution < -0.4 is 10.2 Å². The van der Waals surface area contributed by atoms with Crippen molar-refractivity contribution in [2.45, 2.75) is 13.8 Å². The number of nitrogens with zero attached hydrogens (tertiary/aromatic N) is 4. The van der Waals surface area contributed by atoms with Crippen molar-refractivity contribution >= 4 is 50.4 Å². The summed E-state index contributed by atoms with van der Waals surface area (Å²) in [6.45, 7) is 7.64. The van der Waals surface area contributed by atoms with Crippen LogP contribution in [0.25, 0.3) is 10.1 Å². The Bertz CT molecular complexity index is 924. The molecule has 0 aromatic carbocycles. The third-order valence-corrected chi connectivity index (χ3v) is 5.84. The molecule has 3 aromatic heterocycles. The first-order valence-electron chi connectivity index (χ1n) is 8.68. The van der Waals surface area contributed by atoms with Gasteiger partial charge in [0.1, 0.15) is 11.6 Å². The van der Waals surface area contributed by atoms with Crippen molar-refractivity contribution in [2.75, 3.05) is 36.4 Å². The molecule has 4 rings (SSSR count). The molecule has 4 heterocycles. The lowest BCUT2D eigenvalue weighted by Crippen LogP contribution is -2.50. The zero-order chi connectivity index (χ0) is 18.1. The smallest absolute Gasteiger partial charge is 0.174 e. The molecular formula is C19H21N5S2. The number of piperazine rings is 1. The maximum atomic E-state index is 5.60. The molecule has 0 unspecified atom stereocenters. The number of aryl methyl sites for hydroxylation is 2. The SMILES string of the molecule is Cc1cc(C)nc(NC(=S)N2CCN(c3nccc4ccsc34)CC2)c1. The van der Waals surface area contributed by atoms with Crippen LogP contribution in [0.3, 0.4) is 0 Å². The first-order valence-corrected chi connectivity index (χ1v) is 9.97. The van der Waals surface area contributed by atoms with Crippen molar-refractivity contribution in [3.8, 4) is 0 Å². The van der Waals surface area contributed by atoms with Gasteiger partial charge in [-0.25, -0.2) is 9.97 Å². The summed E-state index contributed by atoms with van der Waals surface area (Å²) in [5.74, 6) is 1.91. The fourth-order valence-corrected chi connectivity index (χ4v) is 4.52. The second kappa shape index (κ2) is 7.17. The summed E-state index contributed by atoms with van der Waals surface area (Å²) in [6.07, 6.45) is 1.90. The minimum Gasteiger partial charge on any atom is -0.352 e. The third kappa shape index (κ3) is 3.50. The second-order valence-corrected chi connectivity index (χ2v) is 7.85. The predicted octanol–water partition coefficient (Wildman–Crippen LogP) is 3.83. The molecule has 0 aliphatic carbocycles. The highest BCUT2D eigenvalue weighted by molar-refractivity contribution is 7.80. The van der Waals surface area contributed by atoms with Crippen molar-refractivity contribution in [3.63, 3.8) is 0 Å². The standard InChI is InChI=1S/C19H21N5S2/c1-13-11-14(2)21-16(12-13)22-19(25)24-8-6-23(7-9-24)18-17-15(3-5-20-18)4-10-26-17/h3-5,10-12H,6-9H2,1-2H3,(H,21,22,25). The Balaban J connectivity index is 1.41. The lowest BCUT2D eigenvalue weighted by atomic mass is 10.2. The van der Waals surface area contributed by atoms with E-state index in [2.05, 4.69) is 55.6 Å². The average Bonchev–Trinajstić information content (AvgIpc) is 3.09. The Morgan fingerprint density at radius 2 is 1.96 bits per heavy atom. The molecule has 3 aromatic rings. The fourth-order valence-electron chi connectivity index (χ4n) is 3.32. The van der Waals surface area contributed by atoms with Gasteiger partial charge < -0.3 is 15.1 Å². The van der Waals surface area contributed by atoms with Crippen LogP contribution in [0, 0.1) is 13.8 Å². The van der Waals surface area contributed by atoms with Gasteiger partial charge in [0.2, 0.25) is 0 Å². The second-order valence-electron chi connectivity index (χ2n) is 6.55.